The van der Waals surface area contributed by atoms with Crippen molar-refractivity contribution in [3.8, 4) is 5.75 Å². The Hall–Kier alpha value is -3.65. The molecule has 2 heterocycles. The summed E-state index contributed by atoms with van der Waals surface area (Å²) in [4.78, 5) is 40.0. The first-order chi connectivity index (χ1) is 18.7. The van der Waals surface area contributed by atoms with Crippen LogP contribution in [-0.4, -0.2) is 53.2 Å². The second kappa shape index (κ2) is 11.2. The summed E-state index contributed by atoms with van der Waals surface area (Å²) in [7, 11) is 0. The Morgan fingerprint density at radius 1 is 1.18 bits per heavy atom. The molecule has 1 aromatic heterocycles. The Labute approximate surface area is 228 Å². The Kier molecular flexibility index (Phi) is 7.75. The number of rotatable bonds is 7. The number of carbonyl (C=O) groups excluding carboxylic acids is 2. The molecule has 5 rings (SSSR count). The lowest BCUT2D eigenvalue weighted by Crippen LogP contribution is -2.57. The van der Waals surface area contributed by atoms with Crippen LogP contribution in [0.3, 0.4) is 0 Å². The Morgan fingerprint density at radius 3 is 2.77 bits per heavy atom. The quantitative estimate of drug-likeness (QED) is 0.449. The maximum absolute atomic E-state index is 13.0. The van der Waals surface area contributed by atoms with Gasteiger partial charge in [-0.3, -0.25) is 9.59 Å². The number of aryl methyl sites for hydroxylation is 1. The number of hydrogen-bond donors (Lipinski definition) is 2. The largest absolute Gasteiger partial charge is 0.484 e. The molecule has 206 valence electrons. The average Bonchev–Trinajstić information content (AvgIpc) is 2.93. The number of carbonyl (C=O) groups is 2. The lowest BCUT2D eigenvalue weighted by Gasteiger charge is -2.47. The molecule has 0 spiro atoms. The second-order valence-electron chi connectivity index (χ2n) is 11.0. The van der Waals surface area contributed by atoms with Gasteiger partial charge in [0.25, 0.3) is 5.91 Å². The summed E-state index contributed by atoms with van der Waals surface area (Å²) in [5.74, 6) is -0.0768. The maximum Gasteiger partial charge on any atom is 0.340 e. The van der Waals surface area contributed by atoms with Gasteiger partial charge in [-0.15, -0.1) is 0 Å². The fraction of sp³-hybridized carbons (Fsp3) is 0.452. The molecule has 1 saturated carbocycles. The highest BCUT2D eigenvalue weighted by atomic mass is 16.5. The first-order valence-corrected chi connectivity index (χ1v) is 13.8. The minimum Gasteiger partial charge on any atom is -0.484 e. The molecule has 3 aromatic rings. The number of amides is 2. The molecule has 8 heteroatoms. The molecule has 2 aromatic carbocycles. The van der Waals surface area contributed by atoms with Crippen molar-refractivity contribution in [2.24, 2.45) is 5.92 Å². The molecule has 3 atom stereocenters. The van der Waals surface area contributed by atoms with E-state index < -0.39 is 23.2 Å². The van der Waals surface area contributed by atoms with Crippen LogP contribution in [0.4, 0.5) is 0 Å². The standard InChI is InChI=1S/C31H36N2O6/c1-20-25-12-11-24(17-27(25)39-30(36)26(20)16-22-8-4-3-5-9-22)38-19-28(34)32-21(2)29(35)33-15-14-31(37)13-7-6-10-23(31)18-33/h3-5,8-9,11-12,17,21,23,37H,6-7,10,13-16,18-19H2,1-2H3,(H,32,34)/t21?,23?,31-/m1/s1. The number of hydrogen-bond acceptors (Lipinski definition) is 6. The molecule has 2 fully saturated rings. The molecular weight excluding hydrogens is 496 g/mol. The van der Waals surface area contributed by atoms with Crippen molar-refractivity contribution >= 4 is 22.8 Å². The summed E-state index contributed by atoms with van der Waals surface area (Å²) in [6.45, 7) is 4.32. The van der Waals surface area contributed by atoms with Crippen molar-refractivity contribution in [1.82, 2.24) is 10.2 Å². The number of likely N-dealkylation sites (tertiary alicyclic amines) is 1. The number of benzene rings is 2. The molecule has 1 aliphatic carbocycles. The minimum absolute atomic E-state index is 0.0983. The molecule has 2 N–H and O–H groups in total. The van der Waals surface area contributed by atoms with E-state index in [-0.39, 0.29) is 18.4 Å². The van der Waals surface area contributed by atoms with E-state index in [1.807, 2.05) is 43.3 Å². The van der Waals surface area contributed by atoms with Gasteiger partial charge in [-0.25, -0.2) is 4.79 Å². The fourth-order valence-electron chi connectivity index (χ4n) is 6.01. The number of nitrogens with zero attached hydrogens (tertiary/aromatic N) is 1. The van der Waals surface area contributed by atoms with E-state index in [9.17, 15) is 19.5 Å². The van der Waals surface area contributed by atoms with Gasteiger partial charge in [-0.2, -0.15) is 0 Å². The van der Waals surface area contributed by atoms with Crippen molar-refractivity contribution in [2.75, 3.05) is 19.7 Å². The van der Waals surface area contributed by atoms with Crippen molar-refractivity contribution in [2.45, 2.75) is 64.0 Å². The van der Waals surface area contributed by atoms with Crippen LogP contribution in [0.1, 0.15) is 55.7 Å². The van der Waals surface area contributed by atoms with Crippen LogP contribution >= 0.6 is 0 Å². The zero-order valence-electron chi connectivity index (χ0n) is 22.6. The van der Waals surface area contributed by atoms with Crippen LogP contribution in [-0.2, 0) is 16.0 Å². The van der Waals surface area contributed by atoms with Crippen LogP contribution in [0.2, 0.25) is 0 Å². The highest BCUT2D eigenvalue weighted by Crippen LogP contribution is 2.39. The lowest BCUT2D eigenvalue weighted by molar-refractivity contribution is -0.146. The Bertz CT molecular complexity index is 1420. The number of aliphatic hydroxyl groups is 1. The first kappa shape index (κ1) is 26.9. The normalized spacial score (nSPS) is 21.7. The first-order valence-electron chi connectivity index (χ1n) is 13.8. The third-order valence-electron chi connectivity index (χ3n) is 8.34. The van der Waals surface area contributed by atoms with Crippen LogP contribution in [0, 0.1) is 12.8 Å². The van der Waals surface area contributed by atoms with E-state index in [0.29, 0.717) is 42.8 Å². The van der Waals surface area contributed by atoms with E-state index in [0.717, 1.165) is 42.2 Å². The summed E-state index contributed by atoms with van der Waals surface area (Å²) in [6.07, 6.45) is 4.90. The summed E-state index contributed by atoms with van der Waals surface area (Å²) in [6, 6.07) is 14.2. The fourth-order valence-corrected chi connectivity index (χ4v) is 6.01. The van der Waals surface area contributed by atoms with Gasteiger partial charge in [0.2, 0.25) is 5.91 Å². The summed E-state index contributed by atoms with van der Waals surface area (Å²) in [5.41, 5.74) is 1.84. The molecule has 0 radical (unpaired) electrons. The molecular formula is C31H36N2O6. The molecule has 2 amide bonds. The highest BCUT2D eigenvalue weighted by molar-refractivity contribution is 5.88. The third kappa shape index (κ3) is 5.86. The SMILES string of the molecule is Cc1c(Cc2ccccc2)c(=O)oc2cc(OCC(=O)NC(C)C(=O)N3CC[C@]4(O)CCCCC4C3)ccc12. The zero-order chi connectivity index (χ0) is 27.6. The number of fused-ring (bicyclic) bond motifs is 2. The van der Waals surface area contributed by atoms with Crippen molar-refractivity contribution in [3.63, 3.8) is 0 Å². The average molecular weight is 533 g/mol. The molecule has 1 aliphatic heterocycles. The van der Waals surface area contributed by atoms with Gasteiger partial charge < -0.3 is 24.5 Å². The topological polar surface area (TPSA) is 109 Å². The van der Waals surface area contributed by atoms with Crippen LogP contribution in [0.25, 0.3) is 11.0 Å². The second-order valence-corrected chi connectivity index (χ2v) is 11.0. The van der Waals surface area contributed by atoms with E-state index in [4.69, 9.17) is 9.15 Å². The van der Waals surface area contributed by atoms with Gasteiger partial charge in [-0.05, 0) is 56.4 Å². The molecule has 39 heavy (non-hydrogen) atoms. The van der Waals surface area contributed by atoms with E-state index in [1.165, 1.54) is 0 Å². The summed E-state index contributed by atoms with van der Waals surface area (Å²) >= 11 is 0. The Balaban J connectivity index is 1.18. The van der Waals surface area contributed by atoms with Crippen molar-refractivity contribution in [3.05, 3.63) is 75.6 Å². The number of ether oxygens (including phenoxy) is 1. The molecule has 2 unspecified atom stereocenters. The molecule has 2 aliphatic rings. The number of piperidine rings is 1. The van der Waals surface area contributed by atoms with Gasteiger partial charge in [0, 0.05) is 42.4 Å². The van der Waals surface area contributed by atoms with Gasteiger partial charge in [0.15, 0.2) is 6.61 Å². The predicted molar refractivity (Wildman–Crippen MR) is 148 cm³/mol. The van der Waals surface area contributed by atoms with Crippen LogP contribution in [0.15, 0.2) is 57.7 Å². The lowest BCUT2D eigenvalue weighted by atomic mass is 9.71. The van der Waals surface area contributed by atoms with E-state index in [1.54, 1.807) is 24.0 Å². The minimum atomic E-state index is -0.698. The van der Waals surface area contributed by atoms with Gasteiger partial charge in [0.05, 0.1) is 5.60 Å². The molecule has 0 bridgehead atoms. The molecule has 8 nitrogen and oxygen atoms in total. The third-order valence-corrected chi connectivity index (χ3v) is 8.34. The number of nitrogens with one attached hydrogen (secondary N) is 1. The maximum atomic E-state index is 13.0. The predicted octanol–water partition coefficient (Wildman–Crippen LogP) is 3.73. The zero-order valence-corrected chi connectivity index (χ0v) is 22.6. The highest BCUT2D eigenvalue weighted by Gasteiger charge is 2.44. The van der Waals surface area contributed by atoms with Crippen molar-refractivity contribution in [1.29, 1.82) is 0 Å². The summed E-state index contributed by atoms with van der Waals surface area (Å²) in [5, 5.41) is 14.4. The van der Waals surface area contributed by atoms with Crippen molar-refractivity contribution < 1.29 is 23.8 Å². The molecule has 1 saturated heterocycles. The van der Waals surface area contributed by atoms with E-state index >= 15 is 0 Å². The van der Waals surface area contributed by atoms with E-state index in [2.05, 4.69) is 5.32 Å². The summed E-state index contributed by atoms with van der Waals surface area (Å²) < 4.78 is 11.3. The smallest absolute Gasteiger partial charge is 0.340 e. The monoisotopic (exact) mass is 532 g/mol. The van der Waals surface area contributed by atoms with Gasteiger partial charge in [0.1, 0.15) is 17.4 Å². The Morgan fingerprint density at radius 2 is 1.97 bits per heavy atom. The van der Waals surface area contributed by atoms with Crippen LogP contribution in [0.5, 0.6) is 5.75 Å². The van der Waals surface area contributed by atoms with Gasteiger partial charge in [-0.1, -0.05) is 43.2 Å². The van der Waals surface area contributed by atoms with Gasteiger partial charge >= 0.3 is 5.63 Å². The van der Waals surface area contributed by atoms with Crippen LogP contribution < -0.4 is 15.7 Å².